The normalized spacial score (nSPS) is 16.6. The van der Waals surface area contributed by atoms with E-state index < -0.39 is 12.2 Å². The highest BCUT2D eigenvalue weighted by molar-refractivity contribution is 5.94. The Hall–Kier alpha value is -3.03. The van der Waals surface area contributed by atoms with Crippen molar-refractivity contribution in [2.75, 3.05) is 24.6 Å². The minimum absolute atomic E-state index is 0.224. The number of anilines is 1. The second-order valence-corrected chi connectivity index (χ2v) is 5.60. The van der Waals surface area contributed by atoms with Crippen LogP contribution in [-0.4, -0.2) is 47.6 Å². The highest BCUT2D eigenvalue weighted by Gasteiger charge is 2.33. The summed E-state index contributed by atoms with van der Waals surface area (Å²) in [5.74, 6) is 1.15. The Morgan fingerprint density at radius 1 is 1.36 bits per heavy atom. The summed E-state index contributed by atoms with van der Waals surface area (Å²) in [4.78, 5) is 25.7. The van der Waals surface area contributed by atoms with E-state index in [0.29, 0.717) is 24.5 Å². The van der Waals surface area contributed by atoms with Crippen LogP contribution in [0.25, 0.3) is 0 Å². The number of aryl methyl sites for hydroxylation is 1. The minimum Gasteiger partial charge on any atom is -0.494 e. The molecule has 0 bridgehead atoms. The van der Waals surface area contributed by atoms with Crippen molar-refractivity contribution in [1.29, 1.82) is 0 Å². The summed E-state index contributed by atoms with van der Waals surface area (Å²) in [7, 11) is 1.75. The Labute approximate surface area is 145 Å². The molecule has 2 amide bonds. The highest BCUT2D eigenvalue weighted by Crippen LogP contribution is 2.20. The van der Waals surface area contributed by atoms with Crippen LogP contribution in [0, 0.1) is 0 Å². The van der Waals surface area contributed by atoms with Gasteiger partial charge in [0, 0.05) is 18.7 Å². The number of carbonyl (C=O) groups excluding carboxylic acids is 2. The van der Waals surface area contributed by atoms with E-state index in [0.717, 1.165) is 5.75 Å². The van der Waals surface area contributed by atoms with Crippen LogP contribution >= 0.6 is 0 Å². The number of ether oxygens (including phenoxy) is 2. The maximum absolute atomic E-state index is 12.2. The number of nitrogens with one attached hydrogen (secondary N) is 1. The molecule has 25 heavy (non-hydrogen) atoms. The van der Waals surface area contributed by atoms with Crippen molar-refractivity contribution in [3.05, 3.63) is 42.1 Å². The predicted molar refractivity (Wildman–Crippen MR) is 90.8 cm³/mol. The summed E-state index contributed by atoms with van der Waals surface area (Å²) in [6, 6.07) is 8.63. The van der Waals surface area contributed by atoms with Gasteiger partial charge in [0.2, 0.25) is 0 Å². The smallest absolute Gasteiger partial charge is 0.416 e. The number of carbonyl (C=O) groups is 2. The number of amides is 2. The summed E-state index contributed by atoms with van der Waals surface area (Å²) in [6.45, 7) is 3.08. The summed E-state index contributed by atoms with van der Waals surface area (Å²) >= 11 is 0. The predicted octanol–water partition coefficient (Wildman–Crippen LogP) is 1.57. The van der Waals surface area contributed by atoms with Crippen molar-refractivity contribution in [2.24, 2.45) is 7.05 Å². The SMILES string of the molecule is CCOc1ccc(C(=O)NCC2CN(c3ccnn3C)C(=O)O2)cc1. The number of hydrogen-bond acceptors (Lipinski definition) is 5. The lowest BCUT2D eigenvalue weighted by atomic mass is 10.2. The number of cyclic esters (lactones) is 1. The van der Waals surface area contributed by atoms with Gasteiger partial charge < -0.3 is 14.8 Å². The van der Waals surface area contributed by atoms with Gasteiger partial charge in [-0.15, -0.1) is 0 Å². The molecule has 1 fully saturated rings. The van der Waals surface area contributed by atoms with Gasteiger partial charge in [-0.3, -0.25) is 14.4 Å². The number of hydrogen-bond donors (Lipinski definition) is 1. The molecule has 2 aromatic rings. The summed E-state index contributed by atoms with van der Waals surface area (Å²) in [6.07, 6.45) is 0.766. The molecule has 0 radical (unpaired) electrons. The average molecular weight is 344 g/mol. The van der Waals surface area contributed by atoms with Gasteiger partial charge in [0.15, 0.2) is 0 Å². The van der Waals surface area contributed by atoms with E-state index in [1.54, 1.807) is 48.3 Å². The van der Waals surface area contributed by atoms with Crippen molar-refractivity contribution in [3.8, 4) is 5.75 Å². The van der Waals surface area contributed by atoms with Crippen LogP contribution in [0.2, 0.25) is 0 Å². The molecule has 1 aromatic heterocycles. The summed E-state index contributed by atoms with van der Waals surface area (Å²) in [5.41, 5.74) is 0.524. The van der Waals surface area contributed by atoms with Crippen molar-refractivity contribution >= 4 is 17.8 Å². The van der Waals surface area contributed by atoms with Crippen LogP contribution in [0.3, 0.4) is 0 Å². The second-order valence-electron chi connectivity index (χ2n) is 5.60. The number of nitrogens with zero attached hydrogens (tertiary/aromatic N) is 3. The molecule has 2 heterocycles. The maximum atomic E-state index is 12.2. The second kappa shape index (κ2) is 7.25. The molecular formula is C17H20N4O4. The molecule has 0 saturated carbocycles. The summed E-state index contributed by atoms with van der Waals surface area (Å²) in [5, 5.41) is 6.83. The van der Waals surface area contributed by atoms with E-state index in [9.17, 15) is 9.59 Å². The Kier molecular flexibility index (Phi) is 4.87. The standard InChI is InChI=1S/C17H20N4O4/c1-3-24-13-6-4-12(5-7-13)16(22)18-10-14-11-21(17(23)25-14)15-8-9-19-20(15)2/h4-9,14H,3,10-11H2,1-2H3,(H,18,22). The highest BCUT2D eigenvalue weighted by atomic mass is 16.6. The molecular weight excluding hydrogens is 324 g/mol. The summed E-state index contributed by atoms with van der Waals surface area (Å²) < 4.78 is 12.2. The number of aromatic nitrogens is 2. The van der Waals surface area contributed by atoms with Gasteiger partial charge in [-0.25, -0.2) is 4.79 Å². The zero-order valence-electron chi connectivity index (χ0n) is 14.1. The third-order valence-corrected chi connectivity index (χ3v) is 3.86. The average Bonchev–Trinajstić information content (AvgIpc) is 3.19. The third kappa shape index (κ3) is 3.73. The van der Waals surface area contributed by atoms with Gasteiger partial charge in [-0.05, 0) is 31.2 Å². The fraction of sp³-hybridized carbons (Fsp3) is 0.353. The minimum atomic E-state index is -0.441. The molecule has 8 heteroatoms. The lowest BCUT2D eigenvalue weighted by Crippen LogP contribution is -2.34. The van der Waals surface area contributed by atoms with Crippen LogP contribution in [-0.2, 0) is 11.8 Å². The topological polar surface area (TPSA) is 85.7 Å². The molecule has 0 aliphatic carbocycles. The van der Waals surface area contributed by atoms with Crippen molar-refractivity contribution in [1.82, 2.24) is 15.1 Å². The first-order valence-electron chi connectivity index (χ1n) is 8.05. The van der Waals surface area contributed by atoms with E-state index in [1.165, 1.54) is 4.90 Å². The van der Waals surface area contributed by atoms with Gasteiger partial charge in [-0.2, -0.15) is 5.10 Å². The molecule has 1 N–H and O–H groups in total. The van der Waals surface area contributed by atoms with Gasteiger partial charge in [0.25, 0.3) is 5.91 Å². The zero-order chi connectivity index (χ0) is 17.8. The molecule has 1 aliphatic heterocycles. The van der Waals surface area contributed by atoms with E-state index >= 15 is 0 Å². The first-order valence-corrected chi connectivity index (χ1v) is 8.05. The first-order chi connectivity index (χ1) is 12.1. The molecule has 132 valence electrons. The maximum Gasteiger partial charge on any atom is 0.416 e. The van der Waals surface area contributed by atoms with E-state index in [-0.39, 0.29) is 12.5 Å². The third-order valence-electron chi connectivity index (χ3n) is 3.86. The van der Waals surface area contributed by atoms with Crippen LogP contribution < -0.4 is 15.0 Å². The number of benzene rings is 1. The van der Waals surface area contributed by atoms with Gasteiger partial charge in [0.1, 0.15) is 17.7 Å². The Bertz CT molecular complexity index is 756. The van der Waals surface area contributed by atoms with Crippen LogP contribution in [0.5, 0.6) is 5.75 Å². The van der Waals surface area contributed by atoms with Crippen molar-refractivity contribution in [2.45, 2.75) is 13.0 Å². The fourth-order valence-corrected chi connectivity index (χ4v) is 2.62. The molecule has 3 rings (SSSR count). The molecule has 0 spiro atoms. The Morgan fingerprint density at radius 2 is 2.12 bits per heavy atom. The van der Waals surface area contributed by atoms with Crippen molar-refractivity contribution < 1.29 is 19.1 Å². The zero-order valence-corrected chi connectivity index (χ0v) is 14.1. The molecule has 1 atom stereocenters. The molecule has 1 aliphatic rings. The van der Waals surface area contributed by atoms with E-state index in [1.807, 2.05) is 6.92 Å². The quantitative estimate of drug-likeness (QED) is 0.860. The van der Waals surface area contributed by atoms with Crippen LogP contribution in [0.1, 0.15) is 17.3 Å². The molecule has 1 unspecified atom stereocenters. The van der Waals surface area contributed by atoms with Crippen molar-refractivity contribution in [3.63, 3.8) is 0 Å². The van der Waals surface area contributed by atoms with Gasteiger partial charge in [0.05, 0.1) is 25.9 Å². The van der Waals surface area contributed by atoms with Crippen LogP contribution in [0.4, 0.5) is 10.6 Å². The first kappa shape index (κ1) is 16.8. The van der Waals surface area contributed by atoms with E-state index in [4.69, 9.17) is 9.47 Å². The lowest BCUT2D eigenvalue weighted by Gasteiger charge is -2.12. The Balaban J connectivity index is 1.54. The molecule has 1 aromatic carbocycles. The van der Waals surface area contributed by atoms with Crippen LogP contribution in [0.15, 0.2) is 36.5 Å². The van der Waals surface area contributed by atoms with E-state index in [2.05, 4.69) is 10.4 Å². The molecule has 8 nitrogen and oxygen atoms in total. The monoisotopic (exact) mass is 344 g/mol. The Morgan fingerprint density at radius 3 is 2.76 bits per heavy atom. The van der Waals surface area contributed by atoms with Gasteiger partial charge in [-0.1, -0.05) is 0 Å². The largest absolute Gasteiger partial charge is 0.494 e. The fourth-order valence-electron chi connectivity index (χ4n) is 2.62. The lowest BCUT2D eigenvalue weighted by molar-refractivity contribution is 0.0916. The number of rotatable bonds is 6. The van der Waals surface area contributed by atoms with Gasteiger partial charge >= 0.3 is 6.09 Å². The molecule has 1 saturated heterocycles.